The second kappa shape index (κ2) is 6.40. The second-order valence-electron chi connectivity index (χ2n) is 5.02. The van der Waals surface area contributed by atoms with Crippen LogP contribution in [0, 0.1) is 27.7 Å². The third kappa shape index (κ3) is 3.72. The lowest BCUT2D eigenvalue weighted by molar-refractivity contribution is -0.387. The molecule has 5 nitrogen and oxygen atoms in total. The van der Waals surface area contributed by atoms with E-state index in [0.29, 0.717) is 24.5 Å². The molecule has 1 unspecified atom stereocenters. The van der Waals surface area contributed by atoms with Gasteiger partial charge in [-0.1, -0.05) is 13.8 Å². The number of carbonyl (C=O) groups is 1. The number of hydrogen-bond donors (Lipinski definition) is 1. The molecule has 0 radical (unpaired) electrons. The van der Waals surface area contributed by atoms with Crippen LogP contribution in [0.2, 0.25) is 0 Å². The first-order valence-corrected chi connectivity index (χ1v) is 6.17. The number of halogens is 2. The van der Waals surface area contributed by atoms with Gasteiger partial charge in [-0.3, -0.25) is 14.9 Å². The molecule has 0 fully saturated rings. The summed E-state index contributed by atoms with van der Waals surface area (Å²) in [5.41, 5.74) is -1.84. The van der Waals surface area contributed by atoms with Crippen LogP contribution in [0.15, 0.2) is 12.1 Å². The molecule has 1 amide bonds. The molecule has 0 aromatic heterocycles. The standard InChI is InChI=1S/C13H16F2N2O3/c1-7(2)6-8(3)16-13(18)11-9(14)4-5-10(12(11)15)17(19)20/h4-5,7-8H,6H2,1-3H3,(H,16,18). The predicted octanol–water partition coefficient (Wildman–Crippen LogP) is 3.04. The van der Waals surface area contributed by atoms with Crippen LogP contribution >= 0.6 is 0 Å². The largest absolute Gasteiger partial charge is 0.349 e. The zero-order chi connectivity index (χ0) is 15.4. The third-order valence-electron chi connectivity index (χ3n) is 2.70. The molecule has 0 spiro atoms. The van der Waals surface area contributed by atoms with E-state index in [0.717, 1.165) is 0 Å². The Hall–Kier alpha value is -2.05. The highest BCUT2D eigenvalue weighted by Crippen LogP contribution is 2.23. The van der Waals surface area contributed by atoms with Crippen molar-refractivity contribution in [1.29, 1.82) is 0 Å². The topological polar surface area (TPSA) is 72.2 Å². The number of nitro groups is 1. The van der Waals surface area contributed by atoms with E-state index in [1.54, 1.807) is 6.92 Å². The lowest BCUT2D eigenvalue weighted by Crippen LogP contribution is -2.34. The summed E-state index contributed by atoms with van der Waals surface area (Å²) in [6.07, 6.45) is 0.629. The van der Waals surface area contributed by atoms with E-state index in [2.05, 4.69) is 5.32 Å². The first kappa shape index (κ1) is 16.0. The lowest BCUT2D eigenvalue weighted by atomic mass is 10.0. The fraction of sp³-hybridized carbons (Fsp3) is 0.462. The molecule has 1 N–H and O–H groups in total. The van der Waals surface area contributed by atoms with Crippen molar-refractivity contribution in [3.63, 3.8) is 0 Å². The van der Waals surface area contributed by atoms with E-state index < -0.39 is 33.7 Å². The number of hydrogen-bond acceptors (Lipinski definition) is 3. The first-order valence-electron chi connectivity index (χ1n) is 6.17. The van der Waals surface area contributed by atoms with Crippen molar-refractivity contribution in [2.24, 2.45) is 5.92 Å². The van der Waals surface area contributed by atoms with Crippen molar-refractivity contribution in [2.45, 2.75) is 33.2 Å². The van der Waals surface area contributed by atoms with Crippen molar-refractivity contribution in [2.75, 3.05) is 0 Å². The van der Waals surface area contributed by atoms with E-state index in [-0.39, 0.29) is 6.04 Å². The lowest BCUT2D eigenvalue weighted by Gasteiger charge is -2.16. The number of nitro benzene ring substituents is 1. The van der Waals surface area contributed by atoms with Gasteiger partial charge in [-0.05, 0) is 25.3 Å². The molecule has 1 atom stereocenters. The molecule has 20 heavy (non-hydrogen) atoms. The maximum absolute atomic E-state index is 13.8. The van der Waals surface area contributed by atoms with Crippen LogP contribution in [-0.4, -0.2) is 16.9 Å². The molecule has 1 rings (SSSR count). The van der Waals surface area contributed by atoms with Gasteiger partial charge in [0.1, 0.15) is 11.4 Å². The van der Waals surface area contributed by atoms with E-state index in [1.165, 1.54) is 0 Å². The summed E-state index contributed by atoms with van der Waals surface area (Å²) < 4.78 is 27.3. The maximum atomic E-state index is 13.8. The van der Waals surface area contributed by atoms with Crippen LogP contribution in [0.1, 0.15) is 37.6 Å². The Bertz CT molecular complexity index is 533. The smallest absolute Gasteiger partial charge is 0.305 e. The molecule has 7 heteroatoms. The third-order valence-corrected chi connectivity index (χ3v) is 2.70. The quantitative estimate of drug-likeness (QED) is 0.668. The molecule has 0 heterocycles. The Morgan fingerprint density at radius 3 is 2.45 bits per heavy atom. The zero-order valence-corrected chi connectivity index (χ0v) is 11.4. The van der Waals surface area contributed by atoms with E-state index in [4.69, 9.17) is 0 Å². The molecule has 0 aliphatic rings. The van der Waals surface area contributed by atoms with Crippen LogP contribution in [0.25, 0.3) is 0 Å². The van der Waals surface area contributed by atoms with Gasteiger partial charge in [0.25, 0.3) is 5.91 Å². The fourth-order valence-corrected chi connectivity index (χ4v) is 1.95. The number of carbonyl (C=O) groups excluding carboxylic acids is 1. The van der Waals surface area contributed by atoms with Crippen LogP contribution in [0.3, 0.4) is 0 Å². The molecule has 0 aliphatic carbocycles. The molecule has 0 saturated heterocycles. The average Bonchev–Trinajstić information content (AvgIpc) is 2.26. The normalized spacial score (nSPS) is 12.3. The van der Waals surface area contributed by atoms with Crippen molar-refractivity contribution < 1.29 is 18.5 Å². The van der Waals surface area contributed by atoms with Gasteiger partial charge in [0.05, 0.1) is 4.92 Å². The van der Waals surface area contributed by atoms with E-state index in [9.17, 15) is 23.7 Å². The molecule has 1 aromatic rings. The minimum atomic E-state index is -1.45. The average molecular weight is 286 g/mol. The summed E-state index contributed by atoms with van der Waals surface area (Å²) in [5, 5.41) is 13.0. The van der Waals surface area contributed by atoms with Gasteiger partial charge in [-0.2, -0.15) is 4.39 Å². The van der Waals surface area contributed by atoms with Gasteiger partial charge in [-0.15, -0.1) is 0 Å². The second-order valence-corrected chi connectivity index (χ2v) is 5.02. The highest BCUT2D eigenvalue weighted by Gasteiger charge is 2.26. The Morgan fingerprint density at radius 1 is 1.35 bits per heavy atom. The van der Waals surface area contributed by atoms with E-state index in [1.807, 2.05) is 13.8 Å². The molecular weight excluding hydrogens is 270 g/mol. The number of benzene rings is 1. The molecular formula is C13H16F2N2O3. The van der Waals surface area contributed by atoms with Gasteiger partial charge in [0.2, 0.25) is 5.82 Å². The molecule has 0 aliphatic heterocycles. The summed E-state index contributed by atoms with van der Waals surface area (Å²) in [7, 11) is 0. The monoisotopic (exact) mass is 286 g/mol. The summed E-state index contributed by atoms with van der Waals surface area (Å²) >= 11 is 0. The summed E-state index contributed by atoms with van der Waals surface area (Å²) in [4.78, 5) is 21.4. The number of nitrogens with zero attached hydrogens (tertiary/aromatic N) is 1. The summed E-state index contributed by atoms with van der Waals surface area (Å²) in [6, 6.07) is 1.11. The van der Waals surface area contributed by atoms with Crippen LogP contribution in [0.4, 0.5) is 14.5 Å². The van der Waals surface area contributed by atoms with Crippen molar-refractivity contribution in [1.82, 2.24) is 5.32 Å². The van der Waals surface area contributed by atoms with Gasteiger partial charge in [-0.25, -0.2) is 4.39 Å². The van der Waals surface area contributed by atoms with Crippen molar-refractivity contribution in [3.05, 3.63) is 39.4 Å². The Labute approximate surface area is 115 Å². The van der Waals surface area contributed by atoms with E-state index >= 15 is 0 Å². The molecule has 0 saturated carbocycles. The molecule has 0 bridgehead atoms. The Balaban J connectivity index is 3.04. The maximum Gasteiger partial charge on any atom is 0.305 e. The molecule has 110 valence electrons. The van der Waals surface area contributed by atoms with Gasteiger partial charge in [0.15, 0.2) is 0 Å². The SMILES string of the molecule is CC(C)CC(C)NC(=O)c1c(F)ccc([N+](=O)[O-])c1F. The predicted molar refractivity (Wildman–Crippen MR) is 69.4 cm³/mol. The van der Waals surface area contributed by atoms with Gasteiger partial charge in [0, 0.05) is 12.1 Å². The fourth-order valence-electron chi connectivity index (χ4n) is 1.95. The zero-order valence-electron chi connectivity index (χ0n) is 11.4. The van der Waals surface area contributed by atoms with Crippen molar-refractivity contribution in [3.8, 4) is 0 Å². The molecule has 1 aromatic carbocycles. The Kier molecular flexibility index (Phi) is 5.12. The Morgan fingerprint density at radius 2 is 1.95 bits per heavy atom. The minimum absolute atomic E-state index is 0.291. The van der Waals surface area contributed by atoms with Gasteiger partial charge < -0.3 is 5.32 Å². The number of nitrogens with one attached hydrogen (secondary N) is 1. The van der Waals surface area contributed by atoms with Gasteiger partial charge >= 0.3 is 5.69 Å². The highest BCUT2D eigenvalue weighted by molar-refractivity contribution is 5.95. The minimum Gasteiger partial charge on any atom is -0.349 e. The number of rotatable bonds is 5. The van der Waals surface area contributed by atoms with Crippen LogP contribution in [0.5, 0.6) is 0 Å². The van der Waals surface area contributed by atoms with Crippen molar-refractivity contribution >= 4 is 11.6 Å². The highest BCUT2D eigenvalue weighted by atomic mass is 19.1. The first-order chi connectivity index (χ1) is 9.23. The number of amides is 1. The van der Waals surface area contributed by atoms with Crippen LogP contribution < -0.4 is 5.32 Å². The summed E-state index contributed by atoms with van der Waals surface area (Å²) in [6.45, 7) is 5.58. The summed E-state index contributed by atoms with van der Waals surface area (Å²) in [5.74, 6) is -3.27. The van der Waals surface area contributed by atoms with Crippen LogP contribution in [-0.2, 0) is 0 Å².